The zero-order valence-corrected chi connectivity index (χ0v) is 24.5. The topological polar surface area (TPSA) is 114 Å². The van der Waals surface area contributed by atoms with Gasteiger partial charge in [-0.15, -0.1) is 0 Å². The average Bonchev–Trinajstić information content (AvgIpc) is 3.45. The number of aromatic amines is 1. The van der Waals surface area contributed by atoms with Gasteiger partial charge in [-0.2, -0.15) is 18.3 Å². The van der Waals surface area contributed by atoms with Crippen LogP contribution in [0.5, 0.6) is 5.88 Å². The maximum Gasteiger partial charge on any atom is 0.451 e. The van der Waals surface area contributed by atoms with Crippen LogP contribution in [0, 0.1) is 5.82 Å². The van der Waals surface area contributed by atoms with Crippen LogP contribution >= 0.6 is 11.6 Å². The molecule has 0 aliphatic carbocycles. The summed E-state index contributed by atoms with van der Waals surface area (Å²) in [7, 11) is -3.47. The Labute approximate surface area is 250 Å². The number of hydrogen-bond acceptors (Lipinski definition) is 8. The molecular weight excluding hydrogens is 612 g/mol. The molecule has 4 heterocycles. The van der Waals surface area contributed by atoms with Crippen molar-refractivity contribution in [1.82, 2.24) is 30.0 Å². The maximum absolute atomic E-state index is 14.1. The molecule has 0 spiro atoms. The summed E-state index contributed by atoms with van der Waals surface area (Å²) < 4.78 is 83.0. The molecule has 43 heavy (non-hydrogen) atoms. The van der Waals surface area contributed by atoms with Crippen LogP contribution in [-0.4, -0.2) is 57.8 Å². The Bertz CT molecular complexity index is 1710. The van der Waals surface area contributed by atoms with E-state index in [0.717, 1.165) is 24.8 Å². The van der Waals surface area contributed by atoms with Gasteiger partial charge in [0.1, 0.15) is 12.4 Å². The van der Waals surface area contributed by atoms with Crippen molar-refractivity contribution in [1.29, 1.82) is 0 Å². The smallest absolute Gasteiger partial charge is 0.451 e. The lowest BCUT2D eigenvalue weighted by Crippen LogP contribution is -2.33. The SMILES string of the molecule is CS(=O)(=O)Cc1cc(-c2n[nH]c(C(F)(F)F)n2)cnc1CN1CCC(c2cccc(OCc3ccc(Cl)cc3F)n2)CC1. The van der Waals surface area contributed by atoms with Crippen LogP contribution < -0.4 is 4.74 Å². The Morgan fingerprint density at radius 1 is 1.09 bits per heavy atom. The van der Waals surface area contributed by atoms with Gasteiger partial charge in [0.15, 0.2) is 15.7 Å². The summed E-state index contributed by atoms with van der Waals surface area (Å²) in [5.74, 6) is -1.70. The summed E-state index contributed by atoms with van der Waals surface area (Å²) >= 11 is 5.81. The van der Waals surface area contributed by atoms with Crippen LogP contribution in [0.15, 0.2) is 48.7 Å². The molecule has 1 saturated heterocycles. The van der Waals surface area contributed by atoms with Crippen molar-refractivity contribution in [2.45, 2.75) is 43.8 Å². The Hall–Kier alpha value is -3.62. The highest BCUT2D eigenvalue weighted by atomic mass is 35.5. The molecule has 0 atom stereocenters. The number of H-pyrrole nitrogens is 1. The van der Waals surface area contributed by atoms with E-state index in [2.05, 4.69) is 25.0 Å². The highest BCUT2D eigenvalue weighted by molar-refractivity contribution is 7.89. The summed E-state index contributed by atoms with van der Waals surface area (Å²) in [6.07, 6.45) is -0.706. The zero-order chi connectivity index (χ0) is 30.8. The molecule has 4 aromatic rings. The number of hydrogen-bond donors (Lipinski definition) is 1. The molecule has 0 bridgehead atoms. The van der Waals surface area contributed by atoms with Crippen LogP contribution in [0.3, 0.4) is 0 Å². The second-order valence-corrected chi connectivity index (χ2v) is 13.0. The highest BCUT2D eigenvalue weighted by Gasteiger charge is 2.35. The van der Waals surface area contributed by atoms with Gasteiger partial charge < -0.3 is 4.74 Å². The largest absolute Gasteiger partial charge is 0.473 e. The molecule has 1 fully saturated rings. The number of likely N-dealkylation sites (tertiary alicyclic amines) is 1. The maximum atomic E-state index is 14.1. The van der Waals surface area contributed by atoms with E-state index < -0.39 is 27.7 Å². The van der Waals surface area contributed by atoms with E-state index in [9.17, 15) is 26.0 Å². The highest BCUT2D eigenvalue weighted by Crippen LogP contribution is 2.31. The van der Waals surface area contributed by atoms with Crippen LogP contribution in [0.2, 0.25) is 5.02 Å². The summed E-state index contributed by atoms with van der Waals surface area (Å²) in [5.41, 5.74) is 2.30. The molecule has 1 aromatic carbocycles. The van der Waals surface area contributed by atoms with Gasteiger partial charge in [-0.3, -0.25) is 15.0 Å². The molecule has 3 aromatic heterocycles. The van der Waals surface area contributed by atoms with E-state index in [0.29, 0.717) is 47.4 Å². The number of ether oxygens (including phenoxy) is 1. The van der Waals surface area contributed by atoms with Crippen molar-refractivity contribution in [2.75, 3.05) is 19.3 Å². The number of sulfone groups is 1. The predicted octanol–water partition coefficient (Wildman–Crippen LogP) is 5.58. The van der Waals surface area contributed by atoms with Crippen molar-refractivity contribution in [3.05, 3.63) is 87.8 Å². The van der Waals surface area contributed by atoms with E-state index in [1.807, 2.05) is 17.2 Å². The third-order valence-electron chi connectivity index (χ3n) is 7.00. The summed E-state index contributed by atoms with van der Waals surface area (Å²) in [5, 5.41) is 5.79. The lowest BCUT2D eigenvalue weighted by molar-refractivity contribution is -0.144. The molecule has 5 rings (SSSR count). The van der Waals surface area contributed by atoms with Gasteiger partial charge >= 0.3 is 6.18 Å². The molecular formula is C28H27ClF4N6O3S. The molecule has 15 heteroatoms. The van der Waals surface area contributed by atoms with Crippen LogP contribution in [0.25, 0.3) is 11.4 Å². The minimum atomic E-state index is -4.69. The fraction of sp³-hybridized carbons (Fsp3) is 0.357. The summed E-state index contributed by atoms with van der Waals surface area (Å²) in [6, 6.07) is 11.4. The van der Waals surface area contributed by atoms with Crippen molar-refractivity contribution < 1.29 is 30.7 Å². The van der Waals surface area contributed by atoms with Crippen molar-refractivity contribution in [3.8, 4) is 17.3 Å². The van der Waals surface area contributed by atoms with E-state index in [1.165, 1.54) is 18.3 Å². The third-order valence-corrected chi connectivity index (χ3v) is 8.08. The van der Waals surface area contributed by atoms with Gasteiger partial charge in [0, 0.05) is 52.8 Å². The fourth-order valence-corrected chi connectivity index (χ4v) is 5.83. The standard InChI is InChI=1S/C28H27ClF4N6O3S/c1-43(40,41)16-20-11-19(26-36-27(38-37-26)28(31,32)33)13-34-24(20)14-39-9-7-17(8-10-39)23-3-2-4-25(35-23)42-15-18-5-6-21(29)12-22(18)30/h2-6,11-13,17H,7-10,14-16H2,1H3,(H,36,37,38). The Morgan fingerprint density at radius 2 is 1.86 bits per heavy atom. The molecule has 228 valence electrons. The van der Waals surface area contributed by atoms with Crippen molar-refractivity contribution in [3.63, 3.8) is 0 Å². The molecule has 1 aliphatic rings. The van der Waals surface area contributed by atoms with Crippen molar-refractivity contribution >= 4 is 21.4 Å². The second kappa shape index (κ2) is 12.5. The number of benzene rings is 1. The number of alkyl halides is 3. The Morgan fingerprint density at radius 3 is 2.53 bits per heavy atom. The lowest BCUT2D eigenvalue weighted by Gasteiger charge is -2.32. The molecule has 0 saturated carbocycles. The van der Waals surface area contributed by atoms with Crippen LogP contribution in [-0.2, 0) is 34.9 Å². The molecule has 0 radical (unpaired) electrons. The van der Waals surface area contributed by atoms with E-state index in [4.69, 9.17) is 16.3 Å². The molecule has 0 amide bonds. The first-order chi connectivity index (χ1) is 20.3. The number of halogens is 5. The summed E-state index contributed by atoms with van der Waals surface area (Å²) in [4.78, 5) is 14.7. The molecule has 0 unspecified atom stereocenters. The minimum Gasteiger partial charge on any atom is -0.473 e. The Kier molecular flexibility index (Phi) is 8.99. The average molecular weight is 639 g/mol. The number of pyridine rings is 2. The van der Waals surface area contributed by atoms with Gasteiger partial charge in [-0.05, 0) is 55.8 Å². The van der Waals surface area contributed by atoms with E-state index in [1.54, 1.807) is 18.2 Å². The molecule has 1 N–H and O–H groups in total. The summed E-state index contributed by atoms with van der Waals surface area (Å²) in [6.45, 7) is 1.75. The lowest BCUT2D eigenvalue weighted by atomic mass is 9.93. The number of nitrogens with zero attached hydrogens (tertiary/aromatic N) is 5. The predicted molar refractivity (Wildman–Crippen MR) is 150 cm³/mol. The number of rotatable bonds is 9. The first-order valence-electron chi connectivity index (χ1n) is 13.3. The molecule has 9 nitrogen and oxygen atoms in total. The van der Waals surface area contributed by atoms with Gasteiger partial charge in [0.05, 0.1) is 11.4 Å². The van der Waals surface area contributed by atoms with Crippen LogP contribution in [0.4, 0.5) is 17.6 Å². The molecule has 1 aliphatic heterocycles. The van der Waals surface area contributed by atoms with Gasteiger partial charge in [0.25, 0.3) is 0 Å². The second-order valence-electron chi connectivity index (χ2n) is 10.4. The zero-order valence-electron chi connectivity index (χ0n) is 22.9. The van der Waals surface area contributed by atoms with Gasteiger partial charge in [-0.25, -0.2) is 22.8 Å². The number of aromatic nitrogens is 5. The van der Waals surface area contributed by atoms with Crippen molar-refractivity contribution in [2.24, 2.45) is 0 Å². The number of nitrogens with one attached hydrogen (secondary N) is 1. The fourth-order valence-electron chi connectivity index (χ4n) is 4.86. The third kappa shape index (κ3) is 8.06. The van der Waals surface area contributed by atoms with Gasteiger partial charge in [-0.1, -0.05) is 23.7 Å². The van der Waals surface area contributed by atoms with Crippen LogP contribution in [0.1, 0.15) is 47.1 Å². The number of piperidine rings is 1. The van der Waals surface area contributed by atoms with E-state index in [-0.39, 0.29) is 29.7 Å². The quantitative estimate of drug-likeness (QED) is 0.237. The monoisotopic (exact) mass is 638 g/mol. The normalized spacial score (nSPS) is 15.1. The minimum absolute atomic E-state index is 0.0131. The van der Waals surface area contributed by atoms with E-state index >= 15 is 0 Å². The first-order valence-corrected chi connectivity index (χ1v) is 15.7. The van der Waals surface area contributed by atoms with Gasteiger partial charge in [0.2, 0.25) is 11.7 Å². The first kappa shape index (κ1) is 30.8. The Balaban J connectivity index is 1.23.